The highest BCUT2D eigenvalue weighted by Gasteiger charge is 2.23. The third-order valence-electron chi connectivity index (χ3n) is 4.83. The van der Waals surface area contributed by atoms with E-state index in [1.807, 2.05) is 27.7 Å². The first-order valence-corrected chi connectivity index (χ1v) is 14.7. The van der Waals surface area contributed by atoms with E-state index in [1.165, 1.54) is 0 Å². The number of rotatable bonds is 25. The fourth-order valence-corrected chi connectivity index (χ4v) is 4.07. The number of hydrogen-bond donors (Lipinski definition) is 4. The molecule has 12 nitrogen and oxygen atoms in total. The zero-order valence-corrected chi connectivity index (χ0v) is 23.8. The van der Waals surface area contributed by atoms with E-state index in [2.05, 4.69) is 15.4 Å². The molecule has 4 N–H and O–H groups in total. The molecule has 0 radical (unpaired) electrons. The van der Waals surface area contributed by atoms with E-state index >= 15 is 0 Å². The molecule has 0 aromatic heterocycles. The molecule has 0 rings (SSSR count). The Balaban J connectivity index is 3.84. The van der Waals surface area contributed by atoms with Crippen LogP contribution in [0.2, 0.25) is 0 Å². The van der Waals surface area contributed by atoms with Crippen LogP contribution in [0, 0.1) is 0 Å². The molecule has 0 bridgehead atoms. The summed E-state index contributed by atoms with van der Waals surface area (Å²) in [7, 11) is -3.86. The van der Waals surface area contributed by atoms with Gasteiger partial charge in [0.1, 0.15) is 6.04 Å². The number of carboxylic acids is 1. The van der Waals surface area contributed by atoms with Gasteiger partial charge in [-0.2, -0.15) is 0 Å². The van der Waals surface area contributed by atoms with Crippen LogP contribution in [0.4, 0.5) is 0 Å². The van der Waals surface area contributed by atoms with Gasteiger partial charge in [-0.1, -0.05) is 13.3 Å². The van der Waals surface area contributed by atoms with Crippen LogP contribution in [0.25, 0.3) is 0 Å². The summed E-state index contributed by atoms with van der Waals surface area (Å²) in [5.41, 5.74) is -0.0297. The first kappa shape index (κ1) is 35.6. The minimum Gasteiger partial charge on any atom is -0.480 e. The zero-order chi connectivity index (χ0) is 28.0. The highest BCUT2D eigenvalue weighted by atomic mass is 32.2. The molecule has 220 valence electrons. The van der Waals surface area contributed by atoms with Crippen LogP contribution >= 0.6 is 0 Å². The molecule has 0 unspecified atom stereocenters. The largest absolute Gasteiger partial charge is 0.480 e. The van der Waals surface area contributed by atoms with Gasteiger partial charge in [0.25, 0.3) is 0 Å². The SMILES string of the molecule is CCCOCCOCCOCCOCCC(=O)NCCS(=O)(=O)N[C@@H](CCCCNC(C)(C)C)C(=O)O. The molecule has 37 heavy (non-hydrogen) atoms. The monoisotopic (exact) mass is 555 g/mol. The second-order valence-electron chi connectivity index (χ2n) is 9.55. The topological polar surface area (TPSA) is 162 Å². The van der Waals surface area contributed by atoms with Crippen molar-refractivity contribution in [1.82, 2.24) is 15.4 Å². The summed E-state index contributed by atoms with van der Waals surface area (Å²) >= 11 is 0. The number of sulfonamides is 1. The minimum absolute atomic E-state index is 0.0297. The number of hydrogen-bond acceptors (Lipinski definition) is 9. The van der Waals surface area contributed by atoms with Gasteiger partial charge >= 0.3 is 5.97 Å². The molecule has 0 aromatic carbocycles. The molecular formula is C24H49N3O9S. The molecule has 0 saturated heterocycles. The second kappa shape index (κ2) is 21.6. The van der Waals surface area contributed by atoms with E-state index in [4.69, 9.17) is 18.9 Å². The van der Waals surface area contributed by atoms with Crippen LogP contribution in [0.1, 0.15) is 59.8 Å². The second-order valence-corrected chi connectivity index (χ2v) is 11.4. The number of aliphatic carboxylic acids is 1. The third-order valence-corrected chi connectivity index (χ3v) is 6.21. The van der Waals surface area contributed by atoms with Crippen molar-refractivity contribution >= 4 is 21.9 Å². The van der Waals surface area contributed by atoms with E-state index in [0.717, 1.165) is 26.0 Å². The molecule has 0 saturated carbocycles. The van der Waals surface area contributed by atoms with Gasteiger partial charge in [-0.15, -0.1) is 0 Å². The van der Waals surface area contributed by atoms with Crippen molar-refractivity contribution < 1.29 is 42.1 Å². The van der Waals surface area contributed by atoms with Crippen molar-refractivity contribution in [2.75, 3.05) is 71.7 Å². The molecule has 0 fully saturated rings. The summed E-state index contributed by atoms with van der Waals surface area (Å²) in [4.78, 5) is 23.3. The first-order valence-electron chi connectivity index (χ1n) is 13.0. The fraction of sp³-hybridized carbons (Fsp3) is 0.917. The average Bonchev–Trinajstić information content (AvgIpc) is 2.80. The molecule has 0 aliphatic carbocycles. The summed E-state index contributed by atoms with van der Waals surface area (Å²) in [6, 6.07) is -1.20. The van der Waals surface area contributed by atoms with E-state index in [9.17, 15) is 23.1 Å². The Hall–Kier alpha value is -1.35. The lowest BCUT2D eigenvalue weighted by Gasteiger charge is -2.20. The summed E-state index contributed by atoms with van der Waals surface area (Å²) < 4.78 is 48.0. The van der Waals surface area contributed by atoms with E-state index in [1.54, 1.807) is 0 Å². The highest BCUT2D eigenvalue weighted by molar-refractivity contribution is 7.89. The number of unbranched alkanes of at least 4 members (excludes halogenated alkanes) is 1. The quantitative estimate of drug-likeness (QED) is 0.119. The molecule has 1 atom stereocenters. The maximum atomic E-state index is 12.2. The normalized spacial score (nSPS) is 13.0. The fourth-order valence-electron chi connectivity index (χ4n) is 2.93. The average molecular weight is 556 g/mol. The van der Waals surface area contributed by atoms with Crippen LogP contribution in [-0.4, -0.2) is 109 Å². The van der Waals surface area contributed by atoms with Gasteiger partial charge in [0.2, 0.25) is 15.9 Å². The number of amides is 1. The smallest absolute Gasteiger partial charge is 0.321 e. The van der Waals surface area contributed by atoms with E-state index < -0.39 is 27.8 Å². The molecule has 0 spiro atoms. The zero-order valence-electron chi connectivity index (χ0n) is 23.0. The Kier molecular flexibility index (Phi) is 20.8. The number of nitrogens with one attached hydrogen (secondary N) is 3. The molecule has 13 heteroatoms. The molecular weight excluding hydrogens is 506 g/mol. The Morgan fingerprint density at radius 1 is 0.838 bits per heavy atom. The Labute approximate surface area is 222 Å². The summed E-state index contributed by atoms with van der Waals surface area (Å²) in [5.74, 6) is -1.98. The van der Waals surface area contributed by atoms with Crippen molar-refractivity contribution in [2.45, 2.75) is 71.4 Å². The van der Waals surface area contributed by atoms with Gasteiger partial charge in [0.15, 0.2) is 0 Å². The maximum Gasteiger partial charge on any atom is 0.321 e. The standard InChI is InChI=1S/C24H49N3O9S/c1-5-12-33-14-16-35-18-19-36-17-15-34-13-9-22(28)25-11-20-37(31,32)27-21(23(29)30)8-6-7-10-26-24(2,3)4/h21,26-27H,5-20H2,1-4H3,(H,25,28)(H,29,30)/t21-/m0/s1. The number of carbonyl (C=O) groups is 2. The van der Waals surface area contributed by atoms with Gasteiger partial charge in [-0.05, 0) is 46.6 Å². The molecule has 0 aromatic rings. The van der Waals surface area contributed by atoms with Crippen molar-refractivity contribution in [3.63, 3.8) is 0 Å². The minimum atomic E-state index is -3.86. The molecule has 0 aliphatic rings. The van der Waals surface area contributed by atoms with Crippen LogP contribution in [0.5, 0.6) is 0 Å². The molecule has 0 heterocycles. The number of carboxylic acid groups (broad SMARTS) is 1. The van der Waals surface area contributed by atoms with E-state index in [-0.39, 0.29) is 37.4 Å². The van der Waals surface area contributed by atoms with Gasteiger partial charge in [0, 0.05) is 25.1 Å². The van der Waals surface area contributed by atoms with Gasteiger partial charge in [0.05, 0.1) is 52.0 Å². The lowest BCUT2D eigenvalue weighted by atomic mass is 10.1. The lowest BCUT2D eigenvalue weighted by molar-refractivity contribution is -0.139. The summed E-state index contributed by atoms with van der Waals surface area (Å²) in [6.07, 6.45) is 2.54. The third kappa shape index (κ3) is 24.7. The number of carbonyl (C=O) groups excluding carboxylic acids is 1. The van der Waals surface area contributed by atoms with Crippen LogP contribution < -0.4 is 15.4 Å². The summed E-state index contributed by atoms with van der Waals surface area (Å²) in [5, 5.41) is 15.1. The van der Waals surface area contributed by atoms with Crippen LogP contribution in [0.3, 0.4) is 0 Å². The van der Waals surface area contributed by atoms with Crippen molar-refractivity contribution in [2.24, 2.45) is 0 Å². The Bertz CT molecular complexity index is 700. The first-order chi connectivity index (χ1) is 17.5. The predicted octanol–water partition coefficient (Wildman–Crippen LogP) is 0.900. The summed E-state index contributed by atoms with van der Waals surface area (Å²) in [6.45, 7) is 12.4. The maximum absolute atomic E-state index is 12.2. The van der Waals surface area contributed by atoms with Gasteiger partial charge in [-0.25, -0.2) is 13.1 Å². The highest BCUT2D eigenvalue weighted by Crippen LogP contribution is 2.05. The van der Waals surface area contributed by atoms with Gasteiger partial charge in [-0.3, -0.25) is 9.59 Å². The Morgan fingerprint density at radius 2 is 1.38 bits per heavy atom. The van der Waals surface area contributed by atoms with Crippen LogP contribution in [-0.2, 0) is 38.6 Å². The van der Waals surface area contributed by atoms with Gasteiger partial charge < -0.3 is 34.7 Å². The lowest BCUT2D eigenvalue weighted by Crippen LogP contribution is -2.44. The Morgan fingerprint density at radius 3 is 1.89 bits per heavy atom. The van der Waals surface area contributed by atoms with E-state index in [0.29, 0.717) is 46.1 Å². The molecule has 1 amide bonds. The predicted molar refractivity (Wildman–Crippen MR) is 141 cm³/mol. The molecule has 0 aliphatic heterocycles. The van der Waals surface area contributed by atoms with Crippen molar-refractivity contribution in [1.29, 1.82) is 0 Å². The van der Waals surface area contributed by atoms with Crippen molar-refractivity contribution in [3.05, 3.63) is 0 Å². The number of ether oxygens (including phenoxy) is 4. The van der Waals surface area contributed by atoms with Crippen LogP contribution in [0.15, 0.2) is 0 Å². The van der Waals surface area contributed by atoms with Crippen molar-refractivity contribution in [3.8, 4) is 0 Å².